The zero-order valence-electron chi connectivity index (χ0n) is 15.6. The van der Waals surface area contributed by atoms with Crippen LogP contribution in [0.1, 0.15) is 23.1 Å². The second-order valence-electron chi connectivity index (χ2n) is 6.03. The highest BCUT2D eigenvalue weighted by molar-refractivity contribution is 7.92. The Morgan fingerprint density at radius 3 is 2.54 bits per heavy atom. The molecule has 2 aromatic rings. The quantitative estimate of drug-likeness (QED) is 0.646. The summed E-state index contributed by atoms with van der Waals surface area (Å²) in [7, 11) is -2.31. The van der Waals surface area contributed by atoms with Gasteiger partial charge in [0.25, 0.3) is 0 Å². The third-order valence-electron chi connectivity index (χ3n) is 3.77. The summed E-state index contributed by atoms with van der Waals surface area (Å²) in [5, 5.41) is 1.04. The van der Waals surface area contributed by atoms with Gasteiger partial charge in [0, 0.05) is 12.0 Å². The number of hydrogen-bond acceptors (Lipinski definition) is 5. The number of nitrogens with one attached hydrogen (secondary N) is 1. The molecule has 2 aromatic carbocycles. The molecule has 0 aliphatic carbocycles. The van der Waals surface area contributed by atoms with Crippen LogP contribution in [0.4, 0.5) is 4.39 Å². The summed E-state index contributed by atoms with van der Waals surface area (Å²) in [6.07, 6.45) is 1.33. The lowest BCUT2D eigenvalue weighted by molar-refractivity contribution is -0.144. The van der Waals surface area contributed by atoms with Crippen LogP contribution in [-0.4, -0.2) is 28.0 Å². The molecule has 0 aliphatic rings. The molecule has 28 heavy (non-hydrogen) atoms. The highest BCUT2D eigenvalue weighted by atomic mass is 32.2. The van der Waals surface area contributed by atoms with Crippen LogP contribution in [0.3, 0.4) is 0 Å². The second kappa shape index (κ2) is 10.0. The van der Waals surface area contributed by atoms with Gasteiger partial charge in [0.15, 0.2) is 11.6 Å². The van der Waals surface area contributed by atoms with Gasteiger partial charge in [-0.2, -0.15) is 0 Å². The van der Waals surface area contributed by atoms with Crippen LogP contribution in [0.25, 0.3) is 6.08 Å². The molecule has 0 atom stereocenters. The van der Waals surface area contributed by atoms with Crippen LogP contribution in [0.2, 0.25) is 0 Å². The second-order valence-corrected chi connectivity index (χ2v) is 7.68. The Balaban J connectivity index is 1.76. The number of aryl methyl sites for hydroxylation is 1. The fourth-order valence-corrected chi connectivity index (χ4v) is 3.04. The zero-order chi connectivity index (χ0) is 20.6. The van der Waals surface area contributed by atoms with E-state index in [0.717, 1.165) is 16.5 Å². The van der Waals surface area contributed by atoms with Crippen molar-refractivity contribution >= 4 is 22.1 Å². The summed E-state index contributed by atoms with van der Waals surface area (Å²) >= 11 is 0. The van der Waals surface area contributed by atoms with Crippen molar-refractivity contribution in [3.05, 3.63) is 70.4 Å². The predicted molar refractivity (Wildman–Crippen MR) is 105 cm³/mol. The summed E-state index contributed by atoms with van der Waals surface area (Å²) in [5.41, 5.74) is 2.30. The van der Waals surface area contributed by atoms with E-state index < -0.39 is 21.8 Å². The summed E-state index contributed by atoms with van der Waals surface area (Å²) in [4.78, 5) is 11.7. The highest BCUT2D eigenvalue weighted by Crippen LogP contribution is 2.18. The van der Waals surface area contributed by atoms with Crippen molar-refractivity contribution < 1.29 is 27.1 Å². The van der Waals surface area contributed by atoms with E-state index in [-0.39, 0.29) is 25.3 Å². The minimum atomic E-state index is -3.67. The van der Waals surface area contributed by atoms with E-state index in [1.807, 2.05) is 19.1 Å². The number of methoxy groups -OCH3 is 1. The third-order valence-corrected chi connectivity index (χ3v) is 4.87. The average Bonchev–Trinajstić information content (AvgIpc) is 2.66. The molecule has 0 saturated carbocycles. The van der Waals surface area contributed by atoms with Crippen LogP contribution in [0, 0.1) is 12.7 Å². The molecule has 6 nitrogen and oxygen atoms in total. The number of carbonyl (C=O) groups is 1. The molecular formula is C20H22FNO5S. The van der Waals surface area contributed by atoms with Gasteiger partial charge in [0.2, 0.25) is 10.0 Å². The van der Waals surface area contributed by atoms with E-state index in [0.29, 0.717) is 5.56 Å². The van der Waals surface area contributed by atoms with Crippen molar-refractivity contribution in [1.82, 2.24) is 4.72 Å². The van der Waals surface area contributed by atoms with Crippen LogP contribution < -0.4 is 9.46 Å². The Kier molecular flexibility index (Phi) is 7.71. The first-order valence-corrected chi connectivity index (χ1v) is 10.1. The number of hydrogen-bond donors (Lipinski definition) is 1. The number of carbonyl (C=O) groups excluding carboxylic acids is 1. The van der Waals surface area contributed by atoms with Gasteiger partial charge in [-0.1, -0.05) is 35.9 Å². The van der Waals surface area contributed by atoms with Crippen molar-refractivity contribution in [3.63, 3.8) is 0 Å². The van der Waals surface area contributed by atoms with Gasteiger partial charge in [0.05, 0.1) is 13.5 Å². The Hall–Kier alpha value is -2.71. The van der Waals surface area contributed by atoms with Gasteiger partial charge in [-0.15, -0.1) is 0 Å². The van der Waals surface area contributed by atoms with E-state index in [1.54, 1.807) is 18.2 Å². The SMILES string of the molecule is COc1ccc(COC(=O)CCNS(=O)(=O)/C=C/c2ccc(C)cc2)cc1F. The molecule has 0 unspecified atom stereocenters. The van der Waals surface area contributed by atoms with E-state index in [9.17, 15) is 17.6 Å². The summed E-state index contributed by atoms with van der Waals surface area (Å²) in [5.74, 6) is -1.05. The maximum Gasteiger partial charge on any atom is 0.307 e. The summed E-state index contributed by atoms with van der Waals surface area (Å²) < 4.78 is 49.6. The summed E-state index contributed by atoms with van der Waals surface area (Å²) in [6, 6.07) is 11.6. The van der Waals surface area contributed by atoms with Gasteiger partial charge < -0.3 is 9.47 Å². The number of benzene rings is 2. The molecule has 0 aliphatic heterocycles. The lowest BCUT2D eigenvalue weighted by Gasteiger charge is -2.07. The molecule has 0 heterocycles. The fraction of sp³-hybridized carbons (Fsp3) is 0.250. The number of ether oxygens (including phenoxy) is 2. The van der Waals surface area contributed by atoms with Gasteiger partial charge in [-0.3, -0.25) is 4.79 Å². The first-order chi connectivity index (χ1) is 13.3. The predicted octanol–water partition coefficient (Wildman–Crippen LogP) is 3.17. The molecule has 0 aromatic heterocycles. The maximum atomic E-state index is 13.6. The zero-order valence-corrected chi connectivity index (χ0v) is 16.5. The van der Waals surface area contributed by atoms with Crippen LogP contribution in [0.5, 0.6) is 5.75 Å². The van der Waals surface area contributed by atoms with Crippen LogP contribution in [0.15, 0.2) is 47.9 Å². The number of sulfonamides is 1. The Morgan fingerprint density at radius 2 is 1.89 bits per heavy atom. The minimum absolute atomic E-state index is 0.100. The standard InChI is InChI=1S/C20H22FNO5S/c1-15-3-5-16(6-4-15)10-12-28(24,25)22-11-9-20(23)27-14-17-7-8-19(26-2)18(21)13-17/h3-8,10,12-13,22H,9,11,14H2,1-2H3/b12-10+. The topological polar surface area (TPSA) is 81.7 Å². The maximum absolute atomic E-state index is 13.6. The average molecular weight is 407 g/mol. The molecule has 0 radical (unpaired) electrons. The minimum Gasteiger partial charge on any atom is -0.494 e. The summed E-state index contributed by atoms with van der Waals surface area (Å²) in [6.45, 7) is 1.73. The van der Waals surface area contributed by atoms with Crippen molar-refractivity contribution in [2.75, 3.05) is 13.7 Å². The molecule has 8 heteroatoms. The third kappa shape index (κ3) is 7.13. The molecule has 0 amide bonds. The van der Waals surface area contributed by atoms with Crippen molar-refractivity contribution in [1.29, 1.82) is 0 Å². The van der Waals surface area contributed by atoms with Crippen molar-refractivity contribution in [2.45, 2.75) is 20.0 Å². The monoisotopic (exact) mass is 407 g/mol. The molecule has 0 spiro atoms. The molecule has 150 valence electrons. The first-order valence-electron chi connectivity index (χ1n) is 8.51. The Bertz CT molecular complexity index is 940. The van der Waals surface area contributed by atoms with Crippen LogP contribution >= 0.6 is 0 Å². The first kappa shape index (κ1) is 21.6. The number of rotatable bonds is 9. The van der Waals surface area contributed by atoms with E-state index in [2.05, 4.69) is 4.72 Å². The lowest BCUT2D eigenvalue weighted by Crippen LogP contribution is -2.24. The normalized spacial score (nSPS) is 11.5. The lowest BCUT2D eigenvalue weighted by atomic mass is 10.2. The van der Waals surface area contributed by atoms with Gasteiger partial charge in [-0.25, -0.2) is 17.5 Å². The van der Waals surface area contributed by atoms with Gasteiger partial charge in [0.1, 0.15) is 6.61 Å². The molecule has 0 bridgehead atoms. The molecule has 0 saturated heterocycles. The molecular weight excluding hydrogens is 385 g/mol. The van der Waals surface area contributed by atoms with E-state index in [1.165, 1.54) is 25.3 Å². The largest absolute Gasteiger partial charge is 0.494 e. The Labute approximate surface area is 164 Å². The van der Waals surface area contributed by atoms with E-state index >= 15 is 0 Å². The molecule has 2 rings (SSSR count). The molecule has 1 N–H and O–H groups in total. The van der Waals surface area contributed by atoms with Gasteiger partial charge in [-0.05, 0) is 36.3 Å². The smallest absolute Gasteiger partial charge is 0.307 e. The van der Waals surface area contributed by atoms with Crippen molar-refractivity contribution in [2.24, 2.45) is 0 Å². The Morgan fingerprint density at radius 1 is 1.18 bits per heavy atom. The highest BCUT2D eigenvalue weighted by Gasteiger charge is 2.09. The fourth-order valence-electron chi connectivity index (χ4n) is 2.22. The van der Waals surface area contributed by atoms with Crippen LogP contribution in [-0.2, 0) is 26.2 Å². The molecule has 0 fully saturated rings. The van der Waals surface area contributed by atoms with Gasteiger partial charge >= 0.3 is 5.97 Å². The van der Waals surface area contributed by atoms with E-state index in [4.69, 9.17) is 9.47 Å². The number of halogens is 1. The van der Waals surface area contributed by atoms with Crippen molar-refractivity contribution in [3.8, 4) is 5.75 Å². The number of esters is 1.